The van der Waals surface area contributed by atoms with E-state index in [1.165, 1.54) is 6.21 Å². The minimum absolute atomic E-state index is 0.134. The van der Waals surface area contributed by atoms with Gasteiger partial charge in [0.25, 0.3) is 0 Å². The van der Waals surface area contributed by atoms with Crippen LogP contribution in [0.2, 0.25) is 0 Å². The van der Waals surface area contributed by atoms with Crippen molar-refractivity contribution in [1.29, 1.82) is 5.41 Å². The molecule has 1 unspecified atom stereocenters. The molecule has 11 heteroatoms. The van der Waals surface area contributed by atoms with Crippen molar-refractivity contribution >= 4 is 24.2 Å². The zero-order valence-corrected chi connectivity index (χ0v) is 23.6. The van der Waals surface area contributed by atoms with Crippen LogP contribution in [0, 0.1) is 5.41 Å². The summed E-state index contributed by atoms with van der Waals surface area (Å²) in [6.45, 7) is 5.31. The number of benzene rings is 1. The largest absolute Gasteiger partial charge is 0.379 e. The van der Waals surface area contributed by atoms with Crippen molar-refractivity contribution in [2.45, 2.75) is 31.7 Å². The maximum absolute atomic E-state index is 7.81. The number of rotatable bonds is 10. The monoisotopic (exact) mass is 552 g/mol. The molecule has 0 radical (unpaired) electrons. The van der Waals surface area contributed by atoms with Gasteiger partial charge in [0.2, 0.25) is 5.95 Å². The normalized spacial score (nSPS) is 16.0. The van der Waals surface area contributed by atoms with Gasteiger partial charge in [-0.1, -0.05) is 24.3 Å². The van der Waals surface area contributed by atoms with E-state index in [4.69, 9.17) is 25.3 Å². The average molecular weight is 553 g/mol. The van der Waals surface area contributed by atoms with Crippen LogP contribution >= 0.6 is 0 Å². The smallest absolute Gasteiger partial charge is 0.228 e. The van der Waals surface area contributed by atoms with E-state index in [0.29, 0.717) is 12.4 Å². The summed E-state index contributed by atoms with van der Waals surface area (Å²) in [4.78, 5) is 16.1. The van der Waals surface area contributed by atoms with Gasteiger partial charge in [-0.2, -0.15) is 10.2 Å². The molecule has 4 aromatic rings. The quantitative estimate of drug-likeness (QED) is 0.290. The Hall–Kier alpha value is -4.22. The average Bonchev–Trinajstić information content (AvgIpc) is 3.58. The summed E-state index contributed by atoms with van der Waals surface area (Å²) in [6.07, 6.45) is 9.58. The number of anilines is 2. The molecule has 2 aliphatic rings. The topological polar surface area (TPSA) is 122 Å². The SMILES string of the molecule is CN=CC(C=N)c1cccc(Cc2c3c(nn2C)CCc2cnc(Nc4ccn(CCN5CCOCC5)n4)nc2-3)c1. The molecule has 0 saturated carbocycles. The molecule has 1 aliphatic heterocycles. The third-order valence-corrected chi connectivity index (χ3v) is 7.80. The van der Waals surface area contributed by atoms with Gasteiger partial charge in [0, 0.05) is 76.6 Å². The minimum atomic E-state index is -0.134. The van der Waals surface area contributed by atoms with E-state index in [-0.39, 0.29) is 5.92 Å². The summed E-state index contributed by atoms with van der Waals surface area (Å²) in [7, 11) is 3.74. The summed E-state index contributed by atoms with van der Waals surface area (Å²) in [6, 6.07) is 10.3. The number of fused-ring (bicyclic) bond motifs is 3. The van der Waals surface area contributed by atoms with Crippen molar-refractivity contribution in [3.8, 4) is 11.3 Å². The first-order chi connectivity index (χ1) is 20.1. The summed E-state index contributed by atoms with van der Waals surface area (Å²) in [5.74, 6) is 1.12. The highest BCUT2D eigenvalue weighted by Crippen LogP contribution is 2.36. The molecule has 0 amide bonds. The van der Waals surface area contributed by atoms with Crippen LogP contribution < -0.4 is 5.32 Å². The molecule has 1 fully saturated rings. The number of nitrogens with one attached hydrogen (secondary N) is 2. The molecule has 4 heterocycles. The van der Waals surface area contributed by atoms with Crippen molar-refractivity contribution in [3.05, 3.63) is 70.8 Å². The number of aliphatic imine (C=N–C) groups is 1. The number of morpholine rings is 1. The van der Waals surface area contributed by atoms with Crippen molar-refractivity contribution < 1.29 is 4.74 Å². The lowest BCUT2D eigenvalue weighted by Gasteiger charge is -2.26. The fraction of sp³-hybridized carbons (Fsp3) is 0.400. The fourth-order valence-corrected chi connectivity index (χ4v) is 5.62. The molecule has 3 aromatic heterocycles. The maximum atomic E-state index is 7.81. The lowest BCUT2D eigenvalue weighted by molar-refractivity contribution is 0.0360. The zero-order valence-electron chi connectivity index (χ0n) is 23.6. The van der Waals surface area contributed by atoms with Crippen LogP contribution in [0.1, 0.15) is 34.0 Å². The van der Waals surface area contributed by atoms with Gasteiger partial charge < -0.3 is 15.5 Å². The number of aryl methyl sites for hydroxylation is 3. The molecule has 1 aliphatic carbocycles. The molecule has 1 saturated heterocycles. The van der Waals surface area contributed by atoms with Gasteiger partial charge in [0.1, 0.15) is 0 Å². The second-order valence-electron chi connectivity index (χ2n) is 10.5. The Morgan fingerprint density at radius 3 is 2.85 bits per heavy atom. The van der Waals surface area contributed by atoms with E-state index in [0.717, 1.165) is 97.4 Å². The Kier molecular flexibility index (Phi) is 7.97. The summed E-state index contributed by atoms with van der Waals surface area (Å²) in [5.41, 5.74) is 7.56. The van der Waals surface area contributed by atoms with E-state index in [2.05, 4.69) is 32.3 Å². The molecule has 2 N–H and O–H groups in total. The molecule has 1 atom stereocenters. The van der Waals surface area contributed by atoms with Crippen LogP contribution in [0.15, 0.2) is 47.7 Å². The Morgan fingerprint density at radius 1 is 1.15 bits per heavy atom. The number of hydrogen-bond acceptors (Lipinski definition) is 9. The highest BCUT2D eigenvalue weighted by Gasteiger charge is 2.26. The van der Waals surface area contributed by atoms with Gasteiger partial charge >= 0.3 is 0 Å². The molecular weight excluding hydrogens is 516 g/mol. The van der Waals surface area contributed by atoms with Crippen LogP contribution in [0.5, 0.6) is 0 Å². The van der Waals surface area contributed by atoms with Gasteiger partial charge in [-0.3, -0.25) is 19.3 Å². The molecule has 11 nitrogen and oxygen atoms in total. The first kappa shape index (κ1) is 27.0. The first-order valence-corrected chi connectivity index (χ1v) is 14.1. The predicted molar refractivity (Wildman–Crippen MR) is 160 cm³/mol. The molecule has 1 aromatic carbocycles. The summed E-state index contributed by atoms with van der Waals surface area (Å²) in [5, 5.41) is 20.7. The van der Waals surface area contributed by atoms with Crippen LogP contribution in [0.4, 0.5) is 11.8 Å². The van der Waals surface area contributed by atoms with Gasteiger partial charge in [0.05, 0.1) is 42.8 Å². The molecular formula is C30H36N10O. The van der Waals surface area contributed by atoms with E-state index in [1.54, 1.807) is 13.3 Å². The number of ether oxygens (including phenoxy) is 1. The molecule has 212 valence electrons. The Morgan fingerprint density at radius 2 is 2.02 bits per heavy atom. The highest BCUT2D eigenvalue weighted by atomic mass is 16.5. The Bertz CT molecular complexity index is 1550. The van der Waals surface area contributed by atoms with Crippen LogP contribution in [-0.4, -0.2) is 86.8 Å². The summed E-state index contributed by atoms with van der Waals surface area (Å²) >= 11 is 0. The summed E-state index contributed by atoms with van der Waals surface area (Å²) < 4.78 is 9.38. The highest BCUT2D eigenvalue weighted by molar-refractivity contribution is 5.89. The predicted octanol–water partition coefficient (Wildman–Crippen LogP) is 3.27. The fourth-order valence-electron chi connectivity index (χ4n) is 5.62. The lowest BCUT2D eigenvalue weighted by Crippen LogP contribution is -2.38. The van der Waals surface area contributed by atoms with Crippen molar-refractivity contribution in [3.63, 3.8) is 0 Å². The molecule has 41 heavy (non-hydrogen) atoms. The van der Waals surface area contributed by atoms with E-state index < -0.39 is 0 Å². The van der Waals surface area contributed by atoms with Crippen molar-refractivity contribution in [1.82, 2.24) is 34.4 Å². The van der Waals surface area contributed by atoms with Crippen LogP contribution in [0.25, 0.3) is 11.3 Å². The van der Waals surface area contributed by atoms with Crippen molar-refractivity contribution in [2.75, 3.05) is 45.2 Å². The van der Waals surface area contributed by atoms with Gasteiger partial charge in [-0.25, -0.2) is 9.97 Å². The standard InChI is InChI=1S/C30H36N10O/c1-32-19-24(18-31)22-5-3-4-21(16-22)17-26-28-25(36-38(26)2)7-6-23-20-33-30(35-29(23)28)34-27-8-9-40(37-27)11-10-39-12-14-41-15-13-39/h3-5,8-9,16,18-20,24,31H,6-7,10-15,17H2,1-2H3,(H,33,34,35,37). The van der Waals surface area contributed by atoms with Gasteiger partial charge in [0.15, 0.2) is 5.82 Å². The third kappa shape index (κ3) is 5.96. The molecule has 0 spiro atoms. The van der Waals surface area contributed by atoms with E-state index >= 15 is 0 Å². The first-order valence-electron chi connectivity index (χ1n) is 14.1. The lowest BCUT2D eigenvalue weighted by atomic mass is 9.91. The van der Waals surface area contributed by atoms with Crippen LogP contribution in [0.3, 0.4) is 0 Å². The van der Waals surface area contributed by atoms with Crippen LogP contribution in [-0.2, 0) is 37.6 Å². The number of aromatic nitrogens is 6. The third-order valence-electron chi connectivity index (χ3n) is 7.80. The Labute approximate surface area is 239 Å². The number of nitrogens with zero attached hydrogens (tertiary/aromatic N) is 8. The maximum Gasteiger partial charge on any atom is 0.228 e. The number of hydrogen-bond donors (Lipinski definition) is 2. The van der Waals surface area contributed by atoms with E-state index in [1.807, 2.05) is 47.0 Å². The second kappa shape index (κ2) is 12.1. The van der Waals surface area contributed by atoms with Gasteiger partial charge in [-0.05, 0) is 29.5 Å². The zero-order chi connectivity index (χ0) is 28.2. The molecule has 6 rings (SSSR count). The Balaban J connectivity index is 1.22. The van der Waals surface area contributed by atoms with Crippen molar-refractivity contribution in [2.24, 2.45) is 12.0 Å². The second-order valence-corrected chi connectivity index (χ2v) is 10.5. The minimum Gasteiger partial charge on any atom is -0.379 e. The van der Waals surface area contributed by atoms with E-state index in [9.17, 15) is 0 Å². The van der Waals surface area contributed by atoms with Gasteiger partial charge in [-0.15, -0.1) is 0 Å². The molecule has 0 bridgehead atoms.